The topological polar surface area (TPSA) is 113 Å². The summed E-state index contributed by atoms with van der Waals surface area (Å²) in [6, 6.07) is 14.2. The lowest BCUT2D eigenvalue weighted by Gasteiger charge is -2.27. The van der Waals surface area contributed by atoms with Gasteiger partial charge >= 0.3 is 0 Å². The van der Waals surface area contributed by atoms with E-state index in [9.17, 15) is 8.42 Å². The third-order valence-electron chi connectivity index (χ3n) is 6.02. The summed E-state index contributed by atoms with van der Waals surface area (Å²) in [6.45, 7) is 1.32. The molecule has 0 bridgehead atoms. The van der Waals surface area contributed by atoms with Crippen LogP contribution >= 0.6 is 0 Å². The summed E-state index contributed by atoms with van der Waals surface area (Å²) in [6.07, 6.45) is 0.516. The van der Waals surface area contributed by atoms with Crippen LogP contribution in [0.2, 0.25) is 0 Å². The average molecular weight is 480 g/mol. The number of hydrogen-bond donors (Lipinski definition) is 0. The second-order valence-electron chi connectivity index (χ2n) is 8.08. The molecule has 0 spiro atoms. The largest absolute Gasteiger partial charge is 0.486 e. The third-order valence-corrected chi connectivity index (χ3v) is 7.86. The van der Waals surface area contributed by atoms with Crippen LogP contribution in [0.4, 0.5) is 0 Å². The predicted molar refractivity (Wildman–Crippen MR) is 121 cm³/mol. The first-order valence-electron chi connectivity index (χ1n) is 10.8. The zero-order valence-electron chi connectivity index (χ0n) is 18.3. The van der Waals surface area contributed by atoms with Crippen LogP contribution in [-0.2, 0) is 30.0 Å². The van der Waals surface area contributed by atoms with Crippen molar-refractivity contribution >= 4 is 10.0 Å². The van der Waals surface area contributed by atoms with E-state index in [4.69, 9.17) is 14.0 Å². The van der Waals surface area contributed by atoms with Crippen molar-refractivity contribution in [2.75, 3.05) is 19.8 Å². The Bertz CT molecular complexity index is 1480. The maximum atomic E-state index is 13.5. The Labute approximate surface area is 195 Å². The van der Waals surface area contributed by atoms with Gasteiger partial charge in [0.15, 0.2) is 17.2 Å². The van der Waals surface area contributed by atoms with Crippen LogP contribution in [0.5, 0.6) is 11.5 Å². The van der Waals surface area contributed by atoms with Crippen molar-refractivity contribution in [3.63, 3.8) is 0 Å². The van der Waals surface area contributed by atoms with Gasteiger partial charge in [-0.3, -0.25) is 4.68 Å². The molecule has 0 fully saturated rings. The summed E-state index contributed by atoms with van der Waals surface area (Å²) < 4.78 is 46.8. The fourth-order valence-electron chi connectivity index (χ4n) is 4.30. The Morgan fingerprint density at radius 3 is 2.62 bits per heavy atom. The van der Waals surface area contributed by atoms with E-state index < -0.39 is 10.0 Å². The molecule has 10 nitrogen and oxygen atoms in total. The highest BCUT2D eigenvalue weighted by Crippen LogP contribution is 2.36. The molecule has 4 aromatic rings. The van der Waals surface area contributed by atoms with E-state index in [0.29, 0.717) is 49.2 Å². The lowest BCUT2D eigenvalue weighted by Crippen LogP contribution is -2.36. The zero-order valence-corrected chi connectivity index (χ0v) is 19.2. The van der Waals surface area contributed by atoms with Gasteiger partial charge in [-0.25, -0.2) is 8.42 Å². The highest BCUT2D eigenvalue weighted by Gasteiger charge is 2.34. The number of aryl methyl sites for hydroxylation is 1. The molecule has 34 heavy (non-hydrogen) atoms. The number of benzene rings is 2. The van der Waals surface area contributed by atoms with Gasteiger partial charge in [0.05, 0.1) is 4.90 Å². The quantitative estimate of drug-likeness (QED) is 0.439. The molecule has 2 aliphatic rings. The molecular weight excluding hydrogens is 458 g/mol. The molecule has 0 aliphatic carbocycles. The third kappa shape index (κ3) is 3.44. The molecule has 0 saturated heterocycles. The molecular formula is C23H21N5O5S. The second kappa shape index (κ2) is 7.96. The Kier molecular flexibility index (Phi) is 4.89. The number of nitrogens with zero attached hydrogens (tertiary/aromatic N) is 5. The summed E-state index contributed by atoms with van der Waals surface area (Å²) >= 11 is 0. The summed E-state index contributed by atoms with van der Waals surface area (Å²) in [5.41, 5.74) is 3.03. The molecule has 0 N–H and O–H groups in total. The van der Waals surface area contributed by atoms with Gasteiger partial charge in [0.1, 0.15) is 13.2 Å². The molecule has 0 saturated carbocycles. The van der Waals surface area contributed by atoms with Crippen molar-refractivity contribution in [1.82, 2.24) is 24.2 Å². The van der Waals surface area contributed by atoms with E-state index in [1.54, 1.807) is 16.8 Å². The van der Waals surface area contributed by atoms with Gasteiger partial charge in [-0.15, -0.1) is 0 Å². The van der Waals surface area contributed by atoms with E-state index in [-0.39, 0.29) is 17.3 Å². The van der Waals surface area contributed by atoms with Crippen LogP contribution in [0, 0.1) is 0 Å². The number of aromatic nitrogens is 4. The Balaban J connectivity index is 1.33. The van der Waals surface area contributed by atoms with Gasteiger partial charge in [0.25, 0.3) is 5.89 Å². The normalized spacial score (nSPS) is 15.8. The van der Waals surface area contributed by atoms with Crippen LogP contribution in [0.25, 0.3) is 23.0 Å². The first-order chi connectivity index (χ1) is 16.5. The Morgan fingerprint density at radius 2 is 1.79 bits per heavy atom. The van der Waals surface area contributed by atoms with Crippen LogP contribution < -0.4 is 9.47 Å². The molecule has 6 rings (SSSR count). The average Bonchev–Trinajstić information content (AvgIpc) is 3.49. The monoisotopic (exact) mass is 479 g/mol. The first-order valence-corrected chi connectivity index (χ1v) is 12.3. The van der Waals surface area contributed by atoms with Gasteiger partial charge in [-0.05, 0) is 12.1 Å². The summed E-state index contributed by atoms with van der Waals surface area (Å²) in [5.74, 6) is 1.69. The maximum absolute atomic E-state index is 13.5. The van der Waals surface area contributed by atoms with Crippen molar-refractivity contribution in [2.24, 2.45) is 7.05 Å². The standard InChI is InChI=1S/C23H21N5O5S/c1-27-18-9-10-28(34(29,30)16-7-8-19-20(13-16)32-12-11-31-19)14-17(18)21(25-27)23-24-22(26-33-23)15-5-3-2-4-6-15/h2-8,13H,9-12,14H2,1H3. The molecule has 11 heteroatoms. The van der Waals surface area contributed by atoms with Crippen molar-refractivity contribution in [3.05, 3.63) is 59.8 Å². The minimum Gasteiger partial charge on any atom is -0.486 e. The summed E-state index contributed by atoms with van der Waals surface area (Å²) in [4.78, 5) is 4.68. The summed E-state index contributed by atoms with van der Waals surface area (Å²) in [5, 5.41) is 8.66. The van der Waals surface area contributed by atoms with E-state index >= 15 is 0 Å². The van der Waals surface area contributed by atoms with Crippen LogP contribution in [0.1, 0.15) is 11.3 Å². The second-order valence-corrected chi connectivity index (χ2v) is 10.0. The predicted octanol–water partition coefficient (Wildman–Crippen LogP) is 2.66. The van der Waals surface area contributed by atoms with Gasteiger partial charge < -0.3 is 14.0 Å². The Hall–Kier alpha value is -3.70. The molecule has 2 aromatic carbocycles. The van der Waals surface area contributed by atoms with Crippen molar-refractivity contribution in [3.8, 4) is 34.5 Å². The van der Waals surface area contributed by atoms with Gasteiger partial charge in [-0.1, -0.05) is 35.5 Å². The van der Waals surface area contributed by atoms with Crippen LogP contribution in [-0.4, -0.2) is 52.4 Å². The highest BCUT2D eigenvalue weighted by atomic mass is 32.2. The lowest BCUT2D eigenvalue weighted by atomic mass is 10.1. The minimum atomic E-state index is -3.77. The van der Waals surface area contributed by atoms with Crippen molar-refractivity contribution in [2.45, 2.75) is 17.9 Å². The van der Waals surface area contributed by atoms with E-state index in [0.717, 1.165) is 16.8 Å². The number of ether oxygens (including phenoxy) is 2. The van der Waals surface area contributed by atoms with Gasteiger partial charge in [0.2, 0.25) is 15.8 Å². The number of rotatable bonds is 4. The van der Waals surface area contributed by atoms with Crippen LogP contribution in [0.3, 0.4) is 0 Å². The smallest absolute Gasteiger partial charge is 0.279 e. The SMILES string of the molecule is Cn1nc(-c2nc(-c3ccccc3)no2)c2c1CCN(S(=O)(=O)c1ccc3c(c1)OCCO3)C2. The van der Waals surface area contributed by atoms with E-state index in [2.05, 4.69) is 15.2 Å². The molecule has 174 valence electrons. The number of fused-ring (bicyclic) bond motifs is 2. The fourth-order valence-corrected chi connectivity index (χ4v) is 5.73. The van der Waals surface area contributed by atoms with E-state index in [1.165, 1.54) is 10.4 Å². The Morgan fingerprint density at radius 1 is 1.00 bits per heavy atom. The number of hydrogen-bond acceptors (Lipinski definition) is 8. The fraction of sp³-hybridized carbons (Fsp3) is 0.261. The molecule has 0 unspecified atom stereocenters. The van der Waals surface area contributed by atoms with E-state index in [1.807, 2.05) is 37.4 Å². The molecule has 4 heterocycles. The zero-order chi connectivity index (χ0) is 23.3. The van der Waals surface area contributed by atoms with Gasteiger partial charge in [-0.2, -0.15) is 14.4 Å². The summed E-state index contributed by atoms with van der Waals surface area (Å²) in [7, 11) is -1.94. The molecule has 0 atom stereocenters. The lowest BCUT2D eigenvalue weighted by molar-refractivity contribution is 0.171. The molecule has 0 amide bonds. The van der Waals surface area contributed by atoms with Crippen molar-refractivity contribution < 1.29 is 22.4 Å². The first kappa shape index (κ1) is 20.9. The van der Waals surface area contributed by atoms with Crippen molar-refractivity contribution in [1.29, 1.82) is 0 Å². The maximum Gasteiger partial charge on any atom is 0.279 e. The highest BCUT2D eigenvalue weighted by molar-refractivity contribution is 7.89. The van der Waals surface area contributed by atoms with Crippen LogP contribution in [0.15, 0.2) is 57.9 Å². The number of sulfonamides is 1. The molecule has 2 aliphatic heterocycles. The minimum absolute atomic E-state index is 0.151. The van der Waals surface area contributed by atoms with Gasteiger partial charge in [0, 0.05) is 49.4 Å². The molecule has 0 radical (unpaired) electrons. The molecule has 2 aromatic heterocycles.